The zero-order chi connectivity index (χ0) is 20.1. The van der Waals surface area contributed by atoms with E-state index in [9.17, 15) is 18.5 Å². The van der Waals surface area contributed by atoms with Crippen LogP contribution in [0.2, 0.25) is 0 Å². The van der Waals surface area contributed by atoms with Gasteiger partial charge in [0.1, 0.15) is 5.69 Å². The van der Waals surface area contributed by atoms with Gasteiger partial charge in [0.2, 0.25) is 10.0 Å². The number of nitrogens with zero attached hydrogens (tertiary/aromatic N) is 4. The molecule has 9 nitrogen and oxygen atoms in total. The van der Waals surface area contributed by atoms with Gasteiger partial charge in [0, 0.05) is 58.4 Å². The van der Waals surface area contributed by atoms with Crippen LogP contribution >= 0.6 is 0 Å². The monoisotopic (exact) mass is 411 g/mol. The van der Waals surface area contributed by atoms with Crippen LogP contribution in [0.25, 0.3) is 0 Å². The molecule has 0 amide bonds. The molecule has 0 aliphatic carbocycles. The minimum Gasteiger partial charge on any atom is -0.378 e. The van der Waals surface area contributed by atoms with Crippen molar-refractivity contribution < 1.29 is 13.3 Å². The molecule has 2 fully saturated rings. The summed E-state index contributed by atoms with van der Waals surface area (Å²) in [5.74, 6) is 0. The molecule has 2 heterocycles. The maximum absolute atomic E-state index is 12.7. The summed E-state index contributed by atoms with van der Waals surface area (Å²) in [5.41, 5.74) is 0.161. The summed E-state index contributed by atoms with van der Waals surface area (Å²) in [4.78, 5) is 15.7. The van der Waals surface area contributed by atoms with Crippen molar-refractivity contribution in [3.05, 3.63) is 28.3 Å². The summed E-state index contributed by atoms with van der Waals surface area (Å²) in [5, 5.41) is 14.6. The van der Waals surface area contributed by atoms with Crippen LogP contribution in [0.4, 0.5) is 11.4 Å². The number of nitrogens with one attached hydrogen (secondary N) is 1. The third kappa shape index (κ3) is 4.80. The number of sulfonamides is 1. The highest BCUT2D eigenvalue weighted by Gasteiger charge is 2.29. The van der Waals surface area contributed by atoms with Crippen molar-refractivity contribution in [2.45, 2.75) is 24.7 Å². The fourth-order valence-electron chi connectivity index (χ4n) is 3.73. The SMILES string of the molecule is CCN1CCN(CCNc2ccc(S(=O)(=O)N3CCCC3)cc2[N+](=O)[O-])CC1. The van der Waals surface area contributed by atoms with Gasteiger partial charge in [-0.15, -0.1) is 0 Å². The van der Waals surface area contributed by atoms with Crippen molar-refractivity contribution in [2.24, 2.45) is 0 Å². The first-order valence-corrected chi connectivity index (χ1v) is 11.3. The van der Waals surface area contributed by atoms with Crippen molar-refractivity contribution >= 4 is 21.4 Å². The van der Waals surface area contributed by atoms with Gasteiger partial charge in [-0.1, -0.05) is 6.92 Å². The quantitative estimate of drug-likeness (QED) is 0.510. The van der Waals surface area contributed by atoms with Crippen LogP contribution in [-0.2, 0) is 10.0 Å². The molecule has 0 aromatic heterocycles. The standard InChI is InChI=1S/C18H29N5O4S/c1-2-20-11-13-21(14-12-20)10-7-19-17-6-5-16(15-18(17)23(24)25)28(26,27)22-8-3-4-9-22/h5-6,15,19H,2-4,7-14H2,1H3. The van der Waals surface area contributed by atoms with Gasteiger partial charge in [-0.3, -0.25) is 15.0 Å². The largest absolute Gasteiger partial charge is 0.378 e. The first-order chi connectivity index (χ1) is 13.4. The summed E-state index contributed by atoms with van der Waals surface area (Å²) in [6.45, 7) is 9.60. The van der Waals surface area contributed by atoms with E-state index in [1.165, 1.54) is 22.5 Å². The van der Waals surface area contributed by atoms with E-state index in [2.05, 4.69) is 22.0 Å². The van der Waals surface area contributed by atoms with E-state index in [1.807, 2.05) is 0 Å². The van der Waals surface area contributed by atoms with Gasteiger partial charge < -0.3 is 10.2 Å². The number of likely N-dealkylation sites (N-methyl/N-ethyl adjacent to an activating group) is 1. The summed E-state index contributed by atoms with van der Waals surface area (Å²) in [6.07, 6.45) is 1.65. The zero-order valence-electron chi connectivity index (χ0n) is 16.3. The molecule has 1 aromatic rings. The molecule has 0 spiro atoms. The number of nitro benzene ring substituents is 1. The molecule has 1 aromatic carbocycles. The highest BCUT2D eigenvalue weighted by molar-refractivity contribution is 7.89. The molecule has 0 unspecified atom stereocenters. The van der Waals surface area contributed by atoms with Crippen LogP contribution in [0.15, 0.2) is 23.1 Å². The molecule has 2 aliphatic heterocycles. The fraction of sp³-hybridized carbons (Fsp3) is 0.667. The molecule has 28 heavy (non-hydrogen) atoms. The van der Waals surface area contributed by atoms with Gasteiger partial charge in [-0.25, -0.2) is 8.42 Å². The topological polar surface area (TPSA) is 99.0 Å². The molecule has 3 rings (SSSR count). The lowest BCUT2D eigenvalue weighted by atomic mass is 10.2. The number of hydrogen-bond acceptors (Lipinski definition) is 7. The minimum atomic E-state index is -3.67. The highest BCUT2D eigenvalue weighted by Crippen LogP contribution is 2.30. The number of benzene rings is 1. The van der Waals surface area contributed by atoms with Crippen LogP contribution in [0.5, 0.6) is 0 Å². The molecule has 10 heteroatoms. The molecule has 2 aliphatic rings. The smallest absolute Gasteiger partial charge is 0.293 e. The molecule has 0 atom stereocenters. The lowest BCUT2D eigenvalue weighted by molar-refractivity contribution is -0.384. The third-order valence-electron chi connectivity index (χ3n) is 5.52. The van der Waals surface area contributed by atoms with Crippen LogP contribution < -0.4 is 5.32 Å². The third-order valence-corrected chi connectivity index (χ3v) is 7.42. The summed E-state index contributed by atoms with van der Waals surface area (Å²) < 4.78 is 26.7. The van der Waals surface area contributed by atoms with E-state index in [4.69, 9.17) is 0 Å². The molecule has 0 saturated carbocycles. The van der Waals surface area contributed by atoms with Gasteiger partial charge >= 0.3 is 0 Å². The summed E-state index contributed by atoms with van der Waals surface area (Å²) in [6, 6.07) is 4.15. The predicted octanol–water partition coefficient (Wildman–Crippen LogP) is 1.43. The molecule has 156 valence electrons. The predicted molar refractivity (Wildman–Crippen MR) is 108 cm³/mol. The lowest BCUT2D eigenvalue weighted by Crippen LogP contribution is -2.47. The summed E-state index contributed by atoms with van der Waals surface area (Å²) in [7, 11) is -3.67. The first-order valence-electron chi connectivity index (χ1n) is 9.89. The second-order valence-corrected chi connectivity index (χ2v) is 9.19. The van der Waals surface area contributed by atoms with Gasteiger partial charge in [-0.2, -0.15) is 4.31 Å². The van der Waals surface area contributed by atoms with Crippen molar-refractivity contribution in [3.8, 4) is 0 Å². The Labute approximate surface area is 166 Å². The number of anilines is 1. The van der Waals surface area contributed by atoms with Crippen molar-refractivity contribution in [3.63, 3.8) is 0 Å². The van der Waals surface area contributed by atoms with E-state index in [0.29, 0.717) is 25.3 Å². The van der Waals surface area contributed by atoms with Crippen molar-refractivity contribution in [2.75, 3.05) is 64.2 Å². The lowest BCUT2D eigenvalue weighted by Gasteiger charge is -2.34. The summed E-state index contributed by atoms with van der Waals surface area (Å²) >= 11 is 0. The fourth-order valence-corrected chi connectivity index (χ4v) is 5.27. The Morgan fingerprint density at radius 1 is 1.07 bits per heavy atom. The van der Waals surface area contributed by atoms with Gasteiger partial charge in [-0.05, 0) is 31.5 Å². The van der Waals surface area contributed by atoms with Crippen molar-refractivity contribution in [1.82, 2.24) is 14.1 Å². The van der Waals surface area contributed by atoms with E-state index < -0.39 is 14.9 Å². The zero-order valence-corrected chi connectivity index (χ0v) is 17.2. The highest BCUT2D eigenvalue weighted by atomic mass is 32.2. The Balaban J connectivity index is 1.64. The van der Waals surface area contributed by atoms with Crippen molar-refractivity contribution in [1.29, 1.82) is 0 Å². The molecule has 2 saturated heterocycles. The molecular formula is C18H29N5O4S. The van der Waals surface area contributed by atoms with E-state index in [-0.39, 0.29) is 10.6 Å². The molecule has 1 N–H and O–H groups in total. The molecular weight excluding hydrogens is 382 g/mol. The van der Waals surface area contributed by atoms with Crippen LogP contribution in [-0.4, -0.2) is 86.3 Å². The molecule has 0 radical (unpaired) electrons. The van der Waals surface area contributed by atoms with Crippen LogP contribution in [0.1, 0.15) is 19.8 Å². The molecule has 0 bridgehead atoms. The Morgan fingerprint density at radius 2 is 1.71 bits per heavy atom. The number of hydrogen-bond donors (Lipinski definition) is 1. The Bertz CT molecular complexity index is 787. The second-order valence-electron chi connectivity index (χ2n) is 7.25. The number of piperazine rings is 1. The van der Waals surface area contributed by atoms with Gasteiger partial charge in [0.25, 0.3) is 5.69 Å². The Hall–Kier alpha value is -1.75. The normalized spacial score (nSPS) is 19.8. The Kier molecular flexibility index (Phi) is 6.86. The number of rotatable bonds is 8. The second kappa shape index (κ2) is 9.17. The first kappa shape index (κ1) is 21.0. The number of nitro groups is 1. The Morgan fingerprint density at radius 3 is 2.32 bits per heavy atom. The van der Waals surface area contributed by atoms with Crippen LogP contribution in [0, 0.1) is 10.1 Å². The van der Waals surface area contributed by atoms with Gasteiger partial charge in [0.15, 0.2) is 0 Å². The van der Waals surface area contributed by atoms with E-state index in [1.54, 1.807) is 0 Å². The maximum atomic E-state index is 12.7. The average molecular weight is 412 g/mol. The van der Waals surface area contributed by atoms with E-state index >= 15 is 0 Å². The van der Waals surface area contributed by atoms with Crippen LogP contribution in [0.3, 0.4) is 0 Å². The van der Waals surface area contributed by atoms with E-state index in [0.717, 1.165) is 52.1 Å². The average Bonchev–Trinajstić information content (AvgIpc) is 3.24. The maximum Gasteiger partial charge on any atom is 0.293 e. The van der Waals surface area contributed by atoms with Gasteiger partial charge in [0.05, 0.1) is 9.82 Å². The minimum absolute atomic E-state index is 0.0117.